The number of cyclic esters (lactones) is 1. The van der Waals surface area contributed by atoms with E-state index in [1.165, 1.54) is 0 Å². The average Bonchev–Trinajstić information content (AvgIpc) is 2.72. The van der Waals surface area contributed by atoms with Crippen molar-refractivity contribution < 1.29 is 19.1 Å². The molecule has 1 N–H and O–H groups in total. The van der Waals surface area contributed by atoms with Crippen molar-refractivity contribution in [1.29, 1.82) is 0 Å². The Kier molecular flexibility index (Phi) is 6.24. The van der Waals surface area contributed by atoms with Gasteiger partial charge in [-0.05, 0) is 46.0 Å². The molecule has 0 aromatic heterocycles. The summed E-state index contributed by atoms with van der Waals surface area (Å²) in [4.78, 5) is 23.3. The predicted octanol–water partition coefficient (Wildman–Crippen LogP) is 3.19. The fourth-order valence-corrected chi connectivity index (χ4v) is 2.41. The lowest BCUT2D eigenvalue weighted by molar-refractivity contribution is -0.142. The number of carbonyl (C=O) groups is 2. The van der Waals surface area contributed by atoms with Gasteiger partial charge in [0.1, 0.15) is 11.7 Å². The second-order valence-corrected chi connectivity index (χ2v) is 6.68. The normalized spacial score (nSPS) is 21.3. The number of carbonyl (C=O) groups excluding carboxylic acids is 2. The Morgan fingerprint density at radius 2 is 2.24 bits per heavy atom. The highest BCUT2D eigenvalue weighted by Crippen LogP contribution is 2.23. The van der Waals surface area contributed by atoms with Crippen LogP contribution in [0.4, 0.5) is 4.79 Å². The van der Waals surface area contributed by atoms with Crippen molar-refractivity contribution in [3.63, 3.8) is 0 Å². The van der Waals surface area contributed by atoms with Crippen molar-refractivity contribution in [3.8, 4) is 0 Å². The van der Waals surface area contributed by atoms with Crippen LogP contribution in [0.25, 0.3) is 0 Å². The maximum atomic E-state index is 12.0. The second kappa shape index (κ2) is 7.48. The Bertz CT molecular complexity index is 386. The number of hydrogen-bond donors (Lipinski definition) is 1. The molecule has 0 aliphatic carbocycles. The van der Waals surface area contributed by atoms with E-state index in [9.17, 15) is 9.59 Å². The molecule has 1 unspecified atom stereocenters. The highest BCUT2D eigenvalue weighted by Gasteiger charge is 2.33. The molecule has 5 nitrogen and oxygen atoms in total. The van der Waals surface area contributed by atoms with E-state index in [1.54, 1.807) is 0 Å². The lowest BCUT2D eigenvalue weighted by Crippen LogP contribution is -2.46. The predicted molar refractivity (Wildman–Crippen MR) is 80.9 cm³/mol. The number of alkyl carbamates (subject to hydrolysis) is 1. The fourth-order valence-electron chi connectivity index (χ4n) is 2.41. The first-order chi connectivity index (χ1) is 9.71. The van der Waals surface area contributed by atoms with E-state index in [1.807, 2.05) is 26.8 Å². The van der Waals surface area contributed by atoms with Gasteiger partial charge in [-0.2, -0.15) is 0 Å². The standard InChI is InChI=1S/C16H27NO4/c1-6-7-11(2)10-12(13-8-9-14(18)20-13)17-15(19)21-16(3,4)5/h6,11-13H,1,7-10H2,2-5H3,(H,17,19)/t11-,12+,13?/m1/s1. The highest BCUT2D eigenvalue weighted by molar-refractivity contribution is 5.72. The van der Waals surface area contributed by atoms with Gasteiger partial charge < -0.3 is 14.8 Å². The average molecular weight is 297 g/mol. The maximum absolute atomic E-state index is 12.0. The minimum Gasteiger partial charge on any atom is -0.460 e. The summed E-state index contributed by atoms with van der Waals surface area (Å²) in [7, 11) is 0. The number of hydrogen-bond acceptors (Lipinski definition) is 4. The summed E-state index contributed by atoms with van der Waals surface area (Å²) >= 11 is 0. The van der Waals surface area contributed by atoms with Crippen LogP contribution in [0.15, 0.2) is 12.7 Å². The molecule has 1 fully saturated rings. The molecule has 0 bridgehead atoms. The molecule has 1 aliphatic rings. The molecular weight excluding hydrogens is 270 g/mol. The Hall–Kier alpha value is -1.52. The Morgan fingerprint density at radius 1 is 1.57 bits per heavy atom. The Morgan fingerprint density at radius 3 is 2.71 bits per heavy atom. The van der Waals surface area contributed by atoms with E-state index in [2.05, 4.69) is 18.8 Å². The van der Waals surface area contributed by atoms with Crippen molar-refractivity contribution >= 4 is 12.1 Å². The Labute approximate surface area is 127 Å². The summed E-state index contributed by atoms with van der Waals surface area (Å²) in [5, 5.41) is 2.85. The van der Waals surface area contributed by atoms with Gasteiger partial charge >= 0.3 is 12.1 Å². The van der Waals surface area contributed by atoms with Crippen LogP contribution in [0.5, 0.6) is 0 Å². The van der Waals surface area contributed by atoms with Crippen molar-refractivity contribution in [2.45, 2.75) is 71.1 Å². The number of ether oxygens (including phenoxy) is 2. The molecule has 0 aromatic carbocycles. The molecule has 0 radical (unpaired) electrons. The summed E-state index contributed by atoms with van der Waals surface area (Å²) in [5.74, 6) is 0.147. The third-order valence-electron chi connectivity index (χ3n) is 3.29. The van der Waals surface area contributed by atoms with Crippen LogP contribution in [-0.4, -0.2) is 29.8 Å². The molecule has 21 heavy (non-hydrogen) atoms. The first-order valence-electron chi connectivity index (χ1n) is 7.51. The summed E-state index contributed by atoms with van der Waals surface area (Å²) in [5.41, 5.74) is -0.548. The van der Waals surface area contributed by atoms with Crippen molar-refractivity contribution in [3.05, 3.63) is 12.7 Å². The number of amides is 1. The van der Waals surface area contributed by atoms with Crippen molar-refractivity contribution in [1.82, 2.24) is 5.32 Å². The first-order valence-corrected chi connectivity index (χ1v) is 7.51. The fraction of sp³-hybridized carbons (Fsp3) is 0.750. The van der Waals surface area contributed by atoms with Gasteiger partial charge in [-0.15, -0.1) is 6.58 Å². The van der Waals surface area contributed by atoms with E-state index in [-0.39, 0.29) is 18.1 Å². The number of allylic oxidation sites excluding steroid dienone is 1. The Balaban J connectivity index is 2.65. The molecule has 0 saturated carbocycles. The minimum absolute atomic E-state index is 0.202. The molecule has 0 aromatic rings. The number of rotatable bonds is 6. The smallest absolute Gasteiger partial charge is 0.408 e. The van der Waals surface area contributed by atoms with Gasteiger partial charge in [0.2, 0.25) is 0 Å². The summed E-state index contributed by atoms with van der Waals surface area (Å²) < 4.78 is 10.6. The van der Waals surface area contributed by atoms with Gasteiger partial charge in [-0.25, -0.2) is 4.79 Å². The highest BCUT2D eigenvalue weighted by atomic mass is 16.6. The molecule has 0 spiro atoms. The largest absolute Gasteiger partial charge is 0.460 e. The number of esters is 1. The zero-order chi connectivity index (χ0) is 16.0. The second-order valence-electron chi connectivity index (χ2n) is 6.68. The van der Waals surface area contributed by atoms with Gasteiger partial charge in [0.25, 0.3) is 0 Å². The molecule has 3 atom stereocenters. The molecule has 1 heterocycles. The van der Waals surface area contributed by atoms with Crippen molar-refractivity contribution in [2.75, 3.05) is 0 Å². The van der Waals surface area contributed by atoms with Gasteiger partial charge in [0.05, 0.1) is 6.04 Å². The van der Waals surface area contributed by atoms with Gasteiger partial charge in [0.15, 0.2) is 0 Å². The first kappa shape index (κ1) is 17.5. The molecule has 5 heteroatoms. The molecule has 1 saturated heterocycles. The number of nitrogens with one attached hydrogen (secondary N) is 1. The quantitative estimate of drug-likeness (QED) is 0.604. The zero-order valence-electron chi connectivity index (χ0n) is 13.5. The van der Waals surface area contributed by atoms with E-state index < -0.39 is 11.7 Å². The summed E-state index contributed by atoms with van der Waals surface area (Å²) in [6.45, 7) is 11.3. The van der Waals surface area contributed by atoms with E-state index in [0.29, 0.717) is 18.8 Å². The molecule has 1 aliphatic heterocycles. The third kappa shape index (κ3) is 6.65. The van der Waals surface area contributed by atoms with Crippen LogP contribution in [0.2, 0.25) is 0 Å². The third-order valence-corrected chi connectivity index (χ3v) is 3.29. The SMILES string of the molecule is C=CC[C@@H](C)C[C@H](NC(=O)OC(C)(C)C)C1CCC(=O)O1. The van der Waals surface area contributed by atoms with Gasteiger partial charge in [-0.1, -0.05) is 13.0 Å². The molecular formula is C16H27NO4. The molecule has 120 valence electrons. The van der Waals surface area contributed by atoms with Crippen LogP contribution in [0.1, 0.15) is 53.4 Å². The van der Waals surface area contributed by atoms with Crippen LogP contribution in [0, 0.1) is 5.92 Å². The summed E-state index contributed by atoms with van der Waals surface area (Å²) in [6, 6.07) is -0.221. The molecule has 1 amide bonds. The lowest BCUT2D eigenvalue weighted by Gasteiger charge is -2.28. The van der Waals surface area contributed by atoms with Crippen LogP contribution < -0.4 is 5.32 Å². The monoisotopic (exact) mass is 297 g/mol. The molecule has 1 rings (SSSR count). The summed E-state index contributed by atoms with van der Waals surface area (Å²) in [6.07, 6.45) is 3.75. The van der Waals surface area contributed by atoms with E-state index in [4.69, 9.17) is 9.47 Å². The topological polar surface area (TPSA) is 64.6 Å². The zero-order valence-corrected chi connectivity index (χ0v) is 13.5. The van der Waals surface area contributed by atoms with Crippen LogP contribution in [-0.2, 0) is 14.3 Å². The van der Waals surface area contributed by atoms with Crippen LogP contribution >= 0.6 is 0 Å². The van der Waals surface area contributed by atoms with Gasteiger partial charge in [0, 0.05) is 6.42 Å². The maximum Gasteiger partial charge on any atom is 0.408 e. The lowest BCUT2D eigenvalue weighted by atomic mass is 9.94. The van der Waals surface area contributed by atoms with Crippen molar-refractivity contribution in [2.24, 2.45) is 5.92 Å². The van der Waals surface area contributed by atoms with E-state index in [0.717, 1.165) is 12.8 Å². The van der Waals surface area contributed by atoms with Crippen LogP contribution in [0.3, 0.4) is 0 Å². The van der Waals surface area contributed by atoms with E-state index >= 15 is 0 Å². The van der Waals surface area contributed by atoms with Gasteiger partial charge in [-0.3, -0.25) is 4.79 Å². The minimum atomic E-state index is -0.548.